The molecule has 0 aliphatic carbocycles. The molecule has 0 aromatic carbocycles. The summed E-state index contributed by atoms with van der Waals surface area (Å²) in [5.74, 6) is 0. The maximum Gasteiger partial charge on any atom is 0.139 e. The normalized spacial score (nSPS) is 21.1. The zero-order chi connectivity index (χ0) is 9.72. The molecule has 0 aromatic heterocycles. The van der Waals surface area contributed by atoms with Crippen LogP contribution in [0.2, 0.25) is 0 Å². The van der Waals surface area contributed by atoms with Gasteiger partial charge in [0.25, 0.3) is 0 Å². The van der Waals surface area contributed by atoms with E-state index in [0.717, 1.165) is 0 Å². The summed E-state index contributed by atoms with van der Waals surface area (Å²) >= 11 is 0. The Bertz CT molecular complexity index is 142. The number of rotatable bonds is 5. The molecule has 0 saturated carbocycles. The summed E-state index contributed by atoms with van der Waals surface area (Å²) in [4.78, 5) is 10.0. The standard InChI is InChI=1S/C6H13NO5/c7-3(1-8)5(11)6(12)4(10)2-9/h1,3-6,9-12H,2,7H2/t3-,4-,5-,6-/m1/s1/i1+1,7+1. The molecular weight excluding hydrogens is 168 g/mol. The molecule has 0 rings (SSSR count). The average Bonchev–Trinajstić information content (AvgIpc) is 2.12. The van der Waals surface area contributed by atoms with Crippen LogP contribution in [0.4, 0.5) is 0 Å². The van der Waals surface area contributed by atoms with Crippen molar-refractivity contribution in [1.29, 1.82) is 0 Å². The van der Waals surface area contributed by atoms with Gasteiger partial charge in [-0.3, -0.25) is 0 Å². The molecule has 0 fully saturated rings. The lowest BCUT2D eigenvalue weighted by Crippen LogP contribution is -2.49. The van der Waals surface area contributed by atoms with Gasteiger partial charge in [-0.1, -0.05) is 0 Å². The van der Waals surface area contributed by atoms with Crippen molar-refractivity contribution in [3.05, 3.63) is 0 Å². The van der Waals surface area contributed by atoms with E-state index in [9.17, 15) is 4.79 Å². The Balaban J connectivity index is 4.07. The highest BCUT2D eigenvalue weighted by Crippen LogP contribution is 2.01. The van der Waals surface area contributed by atoms with Crippen LogP contribution in [0.25, 0.3) is 0 Å². The van der Waals surface area contributed by atoms with E-state index in [1.807, 2.05) is 0 Å². The molecular formula is C6H13NO5. The predicted molar refractivity (Wildman–Crippen MR) is 39.1 cm³/mol. The summed E-state index contributed by atoms with van der Waals surface area (Å²) < 4.78 is 0. The van der Waals surface area contributed by atoms with Crippen molar-refractivity contribution in [3.63, 3.8) is 0 Å². The maximum absolute atomic E-state index is 10.0. The van der Waals surface area contributed by atoms with Crippen molar-refractivity contribution in [1.82, 2.24) is 0 Å². The van der Waals surface area contributed by atoms with Crippen molar-refractivity contribution < 1.29 is 25.2 Å². The SMILES string of the molecule is [15NH2][C@H]([13CH]=O)[C@@H](O)[C@H](O)[C@H](O)CO. The van der Waals surface area contributed by atoms with E-state index in [2.05, 4.69) is 0 Å². The van der Waals surface area contributed by atoms with E-state index in [1.165, 1.54) is 0 Å². The third kappa shape index (κ3) is 2.84. The van der Waals surface area contributed by atoms with Gasteiger partial charge in [-0.05, 0) is 0 Å². The predicted octanol–water partition coefficient (Wildman–Crippen LogP) is -3.41. The van der Waals surface area contributed by atoms with Gasteiger partial charge in [0.05, 0.1) is 12.6 Å². The lowest BCUT2D eigenvalue weighted by atomic mass is 10.1. The van der Waals surface area contributed by atoms with E-state index in [-0.39, 0.29) is 6.29 Å². The van der Waals surface area contributed by atoms with E-state index in [0.29, 0.717) is 0 Å². The third-order valence-electron chi connectivity index (χ3n) is 1.48. The molecule has 0 bridgehead atoms. The van der Waals surface area contributed by atoms with Crippen molar-refractivity contribution >= 4 is 6.29 Å². The molecule has 6 nitrogen and oxygen atoms in total. The minimum atomic E-state index is -1.62. The van der Waals surface area contributed by atoms with Crippen LogP contribution in [-0.4, -0.2) is 57.7 Å². The highest BCUT2D eigenvalue weighted by atomic mass is 16.4. The first kappa shape index (κ1) is 11.5. The van der Waals surface area contributed by atoms with E-state index in [1.54, 1.807) is 0 Å². The summed E-state index contributed by atoms with van der Waals surface area (Å²) in [7, 11) is 0. The Morgan fingerprint density at radius 3 is 2.08 bits per heavy atom. The summed E-state index contributed by atoms with van der Waals surface area (Å²) in [5.41, 5.74) is 5.04. The maximum atomic E-state index is 10.0. The van der Waals surface area contributed by atoms with Gasteiger partial charge in [0.15, 0.2) is 0 Å². The smallest absolute Gasteiger partial charge is 0.139 e. The first-order chi connectivity index (χ1) is 5.54. The Kier molecular flexibility index (Phi) is 4.95. The van der Waals surface area contributed by atoms with Gasteiger partial charge in [-0.15, -0.1) is 0 Å². The second-order valence-electron chi connectivity index (χ2n) is 2.44. The van der Waals surface area contributed by atoms with E-state index in [4.69, 9.17) is 26.2 Å². The summed E-state index contributed by atoms with van der Waals surface area (Å²) in [6, 6.07) is -1.26. The molecule has 0 spiro atoms. The van der Waals surface area contributed by atoms with Crippen molar-refractivity contribution in [2.75, 3.05) is 6.61 Å². The van der Waals surface area contributed by atoms with Crippen LogP contribution >= 0.6 is 0 Å². The number of carbonyl (C=O) groups is 1. The molecule has 72 valence electrons. The lowest BCUT2D eigenvalue weighted by Gasteiger charge is -2.23. The fraction of sp³-hybridized carbons (Fsp3) is 0.833. The molecule has 4 atom stereocenters. The minimum Gasteiger partial charge on any atom is -0.394 e. The lowest BCUT2D eigenvalue weighted by molar-refractivity contribution is -0.118. The summed E-state index contributed by atoms with van der Waals surface area (Å²) in [5, 5.41) is 35.2. The largest absolute Gasteiger partial charge is 0.394 e. The number of hydrogen-bond acceptors (Lipinski definition) is 6. The highest BCUT2D eigenvalue weighted by Gasteiger charge is 2.28. The van der Waals surface area contributed by atoms with Crippen LogP contribution in [-0.2, 0) is 4.79 Å². The van der Waals surface area contributed by atoms with Crippen LogP contribution in [0.5, 0.6) is 0 Å². The molecule has 6 heteroatoms. The van der Waals surface area contributed by atoms with E-state index < -0.39 is 31.0 Å². The topological polar surface area (TPSA) is 124 Å². The van der Waals surface area contributed by atoms with Crippen LogP contribution < -0.4 is 5.73 Å². The minimum absolute atomic E-state index is 0.248. The van der Waals surface area contributed by atoms with Crippen molar-refractivity contribution in [2.45, 2.75) is 24.4 Å². The fourth-order valence-electron chi connectivity index (χ4n) is 0.644. The Labute approximate surface area is 69.2 Å². The number of carbonyl (C=O) groups excluding carboxylic acids is 1. The van der Waals surface area contributed by atoms with Gasteiger partial charge in [0.2, 0.25) is 0 Å². The van der Waals surface area contributed by atoms with Gasteiger partial charge in [-0.25, -0.2) is 0 Å². The van der Waals surface area contributed by atoms with Crippen LogP contribution in [0.15, 0.2) is 0 Å². The molecule has 12 heavy (non-hydrogen) atoms. The second kappa shape index (κ2) is 5.18. The second-order valence-corrected chi connectivity index (χ2v) is 2.44. The van der Waals surface area contributed by atoms with Crippen molar-refractivity contribution in [3.8, 4) is 0 Å². The Morgan fingerprint density at radius 2 is 1.75 bits per heavy atom. The van der Waals surface area contributed by atoms with Gasteiger partial charge in [0, 0.05) is 0 Å². The summed E-state index contributed by atoms with van der Waals surface area (Å²) in [6.45, 7) is -0.705. The fourth-order valence-corrected chi connectivity index (χ4v) is 0.644. The molecule has 0 radical (unpaired) electrons. The molecule has 0 aromatic rings. The van der Waals surface area contributed by atoms with Gasteiger partial charge >= 0.3 is 0 Å². The number of hydrogen-bond donors (Lipinski definition) is 5. The van der Waals surface area contributed by atoms with Gasteiger partial charge in [-0.2, -0.15) is 0 Å². The molecule has 0 unspecified atom stereocenters. The third-order valence-corrected chi connectivity index (χ3v) is 1.48. The molecule has 6 N–H and O–H groups in total. The average molecular weight is 181 g/mol. The molecule has 0 heterocycles. The number of nitrogens with two attached hydrogens (primary N) is 1. The first-order valence-electron chi connectivity index (χ1n) is 3.40. The van der Waals surface area contributed by atoms with Gasteiger partial charge < -0.3 is 31.0 Å². The molecule has 0 amide bonds. The van der Waals surface area contributed by atoms with Gasteiger partial charge in [0.1, 0.15) is 24.6 Å². The molecule has 0 saturated heterocycles. The monoisotopic (exact) mass is 181 g/mol. The van der Waals surface area contributed by atoms with E-state index >= 15 is 0 Å². The van der Waals surface area contributed by atoms with Crippen LogP contribution in [0.3, 0.4) is 0 Å². The molecule has 0 aliphatic heterocycles. The number of aliphatic hydroxyl groups is 4. The quantitative estimate of drug-likeness (QED) is 0.171. The zero-order valence-corrected chi connectivity index (χ0v) is 6.37. The zero-order valence-electron chi connectivity index (χ0n) is 6.37. The summed E-state index contributed by atoms with van der Waals surface area (Å²) in [6.07, 6.45) is -4.43. The Morgan fingerprint density at radius 1 is 1.25 bits per heavy atom. The first-order valence-corrected chi connectivity index (χ1v) is 3.40. The number of aliphatic hydroxyl groups excluding tert-OH is 4. The molecule has 0 aliphatic rings. The van der Waals surface area contributed by atoms with Crippen LogP contribution in [0.1, 0.15) is 0 Å². The Hall–Kier alpha value is -0.530. The highest BCUT2D eigenvalue weighted by molar-refractivity contribution is 5.58. The van der Waals surface area contributed by atoms with Crippen molar-refractivity contribution in [2.24, 2.45) is 5.73 Å². The number of aldehydes is 1. The van der Waals surface area contributed by atoms with Crippen LogP contribution in [0, 0.1) is 0 Å².